The molecule has 0 amide bonds. The van der Waals surface area contributed by atoms with Crippen molar-refractivity contribution in [2.45, 2.75) is 19.8 Å². The summed E-state index contributed by atoms with van der Waals surface area (Å²) in [5.74, 6) is 0.838. The number of benzene rings is 1. The lowest BCUT2D eigenvalue weighted by Gasteiger charge is -2.06. The first-order valence-corrected chi connectivity index (χ1v) is 7.19. The molecule has 0 heterocycles. The third-order valence-electron chi connectivity index (χ3n) is 2.02. The maximum atomic E-state index is 11.5. The molecular weight excluding hydrogens is 248 g/mol. The molecule has 0 aromatic heterocycles. The second-order valence-electron chi connectivity index (χ2n) is 3.55. The van der Waals surface area contributed by atoms with Crippen LogP contribution in [0.1, 0.15) is 18.4 Å². The number of aryl methyl sites for hydroxylation is 1. The summed E-state index contributed by atoms with van der Waals surface area (Å²) in [6, 6.07) is 6.91. The fraction of sp³-hybridized carbons (Fsp3) is 0.455. The lowest BCUT2D eigenvalue weighted by molar-refractivity contribution is 0.483. The highest BCUT2D eigenvalue weighted by Crippen LogP contribution is 2.14. The predicted molar refractivity (Wildman–Crippen MR) is 65.5 cm³/mol. The fourth-order valence-corrected chi connectivity index (χ4v) is 2.39. The summed E-state index contributed by atoms with van der Waals surface area (Å²) < 4.78 is 27.9. The van der Waals surface area contributed by atoms with Gasteiger partial charge in [-0.15, -0.1) is 11.6 Å². The molecule has 5 heteroatoms. The molecule has 0 aliphatic heterocycles. The first-order valence-electron chi connectivity index (χ1n) is 5.08. The molecular formula is C11H15ClO3S. The van der Waals surface area contributed by atoms with Gasteiger partial charge in [0.05, 0.1) is 5.75 Å². The van der Waals surface area contributed by atoms with Crippen LogP contribution in [0.4, 0.5) is 0 Å². The molecule has 16 heavy (non-hydrogen) atoms. The molecule has 3 nitrogen and oxygen atoms in total. The zero-order valence-electron chi connectivity index (χ0n) is 9.15. The normalized spacial score (nSPS) is 11.4. The number of hydrogen-bond donors (Lipinski definition) is 0. The van der Waals surface area contributed by atoms with Crippen molar-refractivity contribution in [1.82, 2.24) is 0 Å². The second kappa shape index (κ2) is 6.11. The van der Waals surface area contributed by atoms with E-state index >= 15 is 0 Å². The Morgan fingerprint density at radius 1 is 1.19 bits per heavy atom. The molecule has 0 fully saturated rings. The highest BCUT2D eigenvalue weighted by Gasteiger charge is 2.11. The van der Waals surface area contributed by atoms with Gasteiger partial charge in [-0.2, -0.15) is 8.42 Å². The molecule has 0 unspecified atom stereocenters. The number of unbranched alkanes of at least 4 members (excludes halogenated alkanes) is 1. The maximum absolute atomic E-state index is 11.5. The van der Waals surface area contributed by atoms with Crippen LogP contribution in [0.15, 0.2) is 24.3 Å². The Bertz CT molecular complexity index is 411. The van der Waals surface area contributed by atoms with Gasteiger partial charge < -0.3 is 4.18 Å². The van der Waals surface area contributed by atoms with Crippen molar-refractivity contribution in [3.8, 4) is 5.75 Å². The Labute approximate surface area is 102 Å². The first-order chi connectivity index (χ1) is 7.53. The van der Waals surface area contributed by atoms with E-state index in [1.807, 2.05) is 19.1 Å². The Kier molecular flexibility index (Phi) is 5.09. The van der Waals surface area contributed by atoms with E-state index in [-0.39, 0.29) is 5.75 Å². The minimum absolute atomic E-state index is 0.00754. The van der Waals surface area contributed by atoms with Crippen molar-refractivity contribution in [3.63, 3.8) is 0 Å². The second-order valence-corrected chi connectivity index (χ2v) is 5.62. The molecule has 0 saturated heterocycles. The molecule has 0 saturated carbocycles. The number of alkyl halides is 1. The van der Waals surface area contributed by atoms with Crippen LogP contribution in [-0.4, -0.2) is 20.1 Å². The summed E-state index contributed by atoms with van der Waals surface area (Å²) in [5.41, 5.74) is 1.06. The van der Waals surface area contributed by atoms with Crippen LogP contribution < -0.4 is 4.18 Å². The highest BCUT2D eigenvalue weighted by molar-refractivity contribution is 7.87. The molecule has 1 aromatic rings. The van der Waals surface area contributed by atoms with E-state index in [2.05, 4.69) is 0 Å². The van der Waals surface area contributed by atoms with Gasteiger partial charge in [-0.3, -0.25) is 0 Å². The van der Waals surface area contributed by atoms with Crippen LogP contribution in [0.25, 0.3) is 0 Å². The van der Waals surface area contributed by atoms with E-state index in [0.717, 1.165) is 5.56 Å². The first kappa shape index (κ1) is 13.3. The minimum atomic E-state index is -3.48. The molecule has 1 aromatic carbocycles. The predicted octanol–water partition coefficient (Wildman–Crippen LogP) is 2.72. The molecule has 0 N–H and O–H groups in total. The van der Waals surface area contributed by atoms with E-state index in [1.165, 1.54) is 0 Å². The third-order valence-corrected chi connectivity index (χ3v) is 3.52. The molecule has 0 spiro atoms. The highest BCUT2D eigenvalue weighted by atomic mass is 35.5. The quantitative estimate of drug-likeness (QED) is 0.450. The SMILES string of the molecule is Cc1ccc(OS(=O)(=O)CCCCCl)cc1. The van der Waals surface area contributed by atoms with Gasteiger partial charge >= 0.3 is 10.1 Å². The van der Waals surface area contributed by atoms with E-state index in [0.29, 0.717) is 24.5 Å². The average molecular weight is 263 g/mol. The summed E-state index contributed by atoms with van der Waals surface area (Å²) >= 11 is 5.47. The standard InChI is InChI=1S/C11H15ClO3S/c1-10-4-6-11(7-5-10)15-16(13,14)9-3-2-8-12/h4-7H,2-3,8-9H2,1H3. The Morgan fingerprint density at radius 2 is 1.81 bits per heavy atom. The molecule has 90 valence electrons. The smallest absolute Gasteiger partial charge is 0.309 e. The van der Waals surface area contributed by atoms with Gasteiger partial charge in [0.2, 0.25) is 0 Å². The Morgan fingerprint density at radius 3 is 2.38 bits per heavy atom. The van der Waals surface area contributed by atoms with Crippen molar-refractivity contribution in [3.05, 3.63) is 29.8 Å². The van der Waals surface area contributed by atoms with Crippen LogP contribution >= 0.6 is 11.6 Å². The van der Waals surface area contributed by atoms with Crippen molar-refractivity contribution >= 4 is 21.7 Å². The number of halogens is 1. The largest absolute Gasteiger partial charge is 0.382 e. The van der Waals surface area contributed by atoms with Crippen molar-refractivity contribution in [2.75, 3.05) is 11.6 Å². The van der Waals surface area contributed by atoms with Gasteiger partial charge in [-0.25, -0.2) is 0 Å². The Hall–Kier alpha value is -0.740. The summed E-state index contributed by atoms with van der Waals surface area (Å²) in [6.45, 7) is 1.93. The van der Waals surface area contributed by atoms with Crippen LogP contribution in [0.5, 0.6) is 5.75 Å². The molecule has 0 bridgehead atoms. The van der Waals surface area contributed by atoms with E-state index in [9.17, 15) is 8.42 Å². The van der Waals surface area contributed by atoms with Gasteiger partial charge in [0.25, 0.3) is 0 Å². The van der Waals surface area contributed by atoms with Crippen LogP contribution in [0.2, 0.25) is 0 Å². The number of rotatable bonds is 6. The van der Waals surface area contributed by atoms with E-state index < -0.39 is 10.1 Å². The third kappa shape index (κ3) is 4.86. The van der Waals surface area contributed by atoms with Gasteiger partial charge in [-0.05, 0) is 31.9 Å². The summed E-state index contributed by atoms with van der Waals surface area (Å²) in [4.78, 5) is 0. The van der Waals surface area contributed by atoms with Crippen molar-refractivity contribution < 1.29 is 12.6 Å². The van der Waals surface area contributed by atoms with Gasteiger partial charge in [0.15, 0.2) is 0 Å². The van der Waals surface area contributed by atoms with E-state index in [1.54, 1.807) is 12.1 Å². The van der Waals surface area contributed by atoms with Crippen LogP contribution in [0.3, 0.4) is 0 Å². The van der Waals surface area contributed by atoms with Crippen molar-refractivity contribution in [2.24, 2.45) is 0 Å². The molecule has 1 rings (SSSR count). The number of hydrogen-bond acceptors (Lipinski definition) is 3. The molecule has 0 atom stereocenters. The minimum Gasteiger partial charge on any atom is -0.382 e. The van der Waals surface area contributed by atoms with Crippen LogP contribution in [-0.2, 0) is 10.1 Å². The average Bonchev–Trinajstić information content (AvgIpc) is 2.21. The summed E-state index contributed by atoms with van der Waals surface area (Å²) in [5, 5.41) is 0. The molecule has 0 aliphatic carbocycles. The zero-order chi connectivity index (χ0) is 12.0. The van der Waals surface area contributed by atoms with Gasteiger partial charge in [-0.1, -0.05) is 17.7 Å². The van der Waals surface area contributed by atoms with Gasteiger partial charge in [0.1, 0.15) is 5.75 Å². The molecule has 0 radical (unpaired) electrons. The summed E-state index contributed by atoms with van der Waals surface area (Å²) in [7, 11) is -3.48. The lowest BCUT2D eigenvalue weighted by atomic mass is 10.2. The van der Waals surface area contributed by atoms with Gasteiger partial charge in [0, 0.05) is 5.88 Å². The zero-order valence-corrected chi connectivity index (χ0v) is 10.7. The topological polar surface area (TPSA) is 43.4 Å². The fourth-order valence-electron chi connectivity index (χ4n) is 1.16. The maximum Gasteiger partial charge on any atom is 0.309 e. The van der Waals surface area contributed by atoms with Crippen molar-refractivity contribution in [1.29, 1.82) is 0 Å². The lowest BCUT2D eigenvalue weighted by Crippen LogP contribution is -2.13. The molecule has 0 aliphatic rings. The monoisotopic (exact) mass is 262 g/mol. The van der Waals surface area contributed by atoms with Crippen LogP contribution in [0, 0.1) is 6.92 Å². The Balaban J connectivity index is 2.55. The summed E-state index contributed by atoms with van der Waals surface area (Å²) in [6.07, 6.45) is 1.20. The van der Waals surface area contributed by atoms with E-state index in [4.69, 9.17) is 15.8 Å².